The molecular weight excluding hydrogens is 1170 g/mol. The second-order valence-corrected chi connectivity index (χ2v) is 26.2. The number of hydrogen-bond donors (Lipinski definition) is 2. The van der Waals surface area contributed by atoms with Gasteiger partial charge in [0.25, 0.3) is 0 Å². The van der Waals surface area contributed by atoms with Crippen LogP contribution in [0.3, 0.4) is 0 Å². The number of carbonyl (C=O) groups is 2. The van der Waals surface area contributed by atoms with Gasteiger partial charge in [0.1, 0.15) is 6.61 Å². The Kier molecular flexibility index (Phi) is 73.0. The SMILES string of the molecule is CC/C=C\C/C=C\C/C=C\C/C=C\C/C=C\C/C=C\C/C=C\C/C=C\C/C=C\C/C=C\C/C=C\CCCCCCCCCC(=O)OC(COC(=O)CCCCCCCCCCCCCCCCCCCCC/C=C\C/C=C\CCCCCCC)COP(=O)(O)OCCN. The van der Waals surface area contributed by atoms with Crippen LogP contribution in [-0.2, 0) is 32.7 Å². The third kappa shape index (κ3) is 76.5. The van der Waals surface area contributed by atoms with Gasteiger partial charge in [0.2, 0.25) is 0 Å². The van der Waals surface area contributed by atoms with E-state index in [1.54, 1.807) is 0 Å². The Morgan fingerprint density at radius 1 is 0.333 bits per heavy atom. The van der Waals surface area contributed by atoms with Crippen molar-refractivity contribution in [1.82, 2.24) is 0 Å². The highest BCUT2D eigenvalue weighted by Gasteiger charge is 2.26. The average Bonchev–Trinajstić information content (AvgIpc) is 3.49. The zero-order valence-electron chi connectivity index (χ0n) is 59.7. The predicted molar refractivity (Wildman–Crippen MR) is 403 cm³/mol. The van der Waals surface area contributed by atoms with Gasteiger partial charge < -0.3 is 20.1 Å². The molecule has 0 radical (unpaired) electrons. The first kappa shape index (κ1) is 88.6. The number of unbranched alkanes of at least 4 members (excludes halogenated alkanes) is 31. The van der Waals surface area contributed by atoms with Gasteiger partial charge in [-0.15, -0.1) is 0 Å². The van der Waals surface area contributed by atoms with Gasteiger partial charge in [-0.1, -0.05) is 339 Å². The van der Waals surface area contributed by atoms with Gasteiger partial charge in [-0.3, -0.25) is 18.6 Å². The summed E-state index contributed by atoms with van der Waals surface area (Å²) in [5, 5.41) is 0. The number of hydrogen-bond acceptors (Lipinski definition) is 8. The molecule has 0 saturated carbocycles. The van der Waals surface area contributed by atoms with Crippen molar-refractivity contribution in [2.24, 2.45) is 5.73 Å². The smallest absolute Gasteiger partial charge is 0.462 e. The molecule has 0 bridgehead atoms. The van der Waals surface area contributed by atoms with Crippen LogP contribution in [0.2, 0.25) is 0 Å². The summed E-state index contributed by atoms with van der Waals surface area (Å²) in [4.78, 5) is 35.4. The molecule has 3 N–H and O–H groups in total. The predicted octanol–water partition coefficient (Wildman–Crippen LogP) is 25.5. The van der Waals surface area contributed by atoms with E-state index in [0.717, 1.165) is 128 Å². The first-order chi connectivity index (χ1) is 45.8. The Labute approximate surface area is 572 Å². The molecule has 0 fully saturated rings. The summed E-state index contributed by atoms with van der Waals surface area (Å²) in [6, 6.07) is 0. The van der Waals surface area contributed by atoms with Gasteiger partial charge in [0, 0.05) is 19.4 Å². The highest BCUT2D eigenvalue weighted by atomic mass is 31.2. The van der Waals surface area contributed by atoms with Crippen LogP contribution in [0.25, 0.3) is 0 Å². The van der Waals surface area contributed by atoms with Crippen molar-refractivity contribution in [3.8, 4) is 0 Å². The maximum absolute atomic E-state index is 12.8. The van der Waals surface area contributed by atoms with Crippen molar-refractivity contribution in [3.05, 3.63) is 158 Å². The highest BCUT2D eigenvalue weighted by molar-refractivity contribution is 7.47. The van der Waals surface area contributed by atoms with Crippen LogP contribution in [0, 0.1) is 0 Å². The normalized spacial score (nSPS) is 13.8. The molecule has 0 aromatic heterocycles. The maximum atomic E-state index is 12.8. The molecule has 0 aliphatic heterocycles. The van der Waals surface area contributed by atoms with E-state index in [4.69, 9.17) is 24.3 Å². The second kappa shape index (κ2) is 76.6. The van der Waals surface area contributed by atoms with Crippen molar-refractivity contribution >= 4 is 19.8 Å². The molecule has 0 saturated heterocycles. The molecule has 9 nitrogen and oxygen atoms in total. The van der Waals surface area contributed by atoms with Gasteiger partial charge in [0.05, 0.1) is 13.2 Å². The topological polar surface area (TPSA) is 134 Å². The van der Waals surface area contributed by atoms with E-state index < -0.39 is 26.5 Å². The maximum Gasteiger partial charge on any atom is 0.472 e. The molecule has 93 heavy (non-hydrogen) atoms. The number of carbonyl (C=O) groups excluding carboxylic acids is 2. The minimum Gasteiger partial charge on any atom is -0.462 e. The molecule has 0 rings (SSSR count). The lowest BCUT2D eigenvalue weighted by Crippen LogP contribution is -2.29. The average molecular weight is 1310 g/mol. The Morgan fingerprint density at radius 3 is 0.882 bits per heavy atom. The summed E-state index contributed by atoms with van der Waals surface area (Å²) in [6.07, 6.45) is 112. The first-order valence-electron chi connectivity index (χ1n) is 38.0. The monoisotopic (exact) mass is 1310 g/mol. The molecule has 0 aromatic carbocycles. The van der Waals surface area contributed by atoms with Gasteiger partial charge in [0.15, 0.2) is 6.10 Å². The molecule has 0 aliphatic carbocycles. The second-order valence-electron chi connectivity index (χ2n) is 24.8. The quantitative estimate of drug-likeness (QED) is 0.0264. The fourth-order valence-corrected chi connectivity index (χ4v) is 11.1. The number of ether oxygens (including phenoxy) is 2. The van der Waals surface area contributed by atoms with E-state index in [1.165, 1.54) is 161 Å². The van der Waals surface area contributed by atoms with Gasteiger partial charge in [-0.2, -0.15) is 0 Å². The third-order valence-corrected chi connectivity index (χ3v) is 16.9. The van der Waals surface area contributed by atoms with Crippen molar-refractivity contribution < 1.29 is 37.6 Å². The van der Waals surface area contributed by atoms with Crippen LogP contribution in [0.15, 0.2) is 158 Å². The van der Waals surface area contributed by atoms with Crippen LogP contribution in [0.5, 0.6) is 0 Å². The fourth-order valence-electron chi connectivity index (χ4n) is 10.3. The van der Waals surface area contributed by atoms with Gasteiger partial charge >= 0.3 is 19.8 Å². The largest absolute Gasteiger partial charge is 0.472 e. The number of allylic oxidation sites excluding steroid dienone is 26. The van der Waals surface area contributed by atoms with Crippen LogP contribution in [0.4, 0.5) is 0 Å². The number of phosphoric acid groups is 1. The Morgan fingerprint density at radius 2 is 0.591 bits per heavy atom. The molecule has 0 aromatic rings. The molecule has 0 spiro atoms. The third-order valence-electron chi connectivity index (χ3n) is 15.9. The van der Waals surface area contributed by atoms with Crippen molar-refractivity contribution in [1.29, 1.82) is 0 Å². The lowest BCUT2D eigenvalue weighted by Gasteiger charge is -2.19. The van der Waals surface area contributed by atoms with E-state index in [9.17, 15) is 19.0 Å². The minimum atomic E-state index is -4.41. The molecule has 10 heteroatoms. The Hall–Kier alpha value is -4.37. The highest BCUT2D eigenvalue weighted by Crippen LogP contribution is 2.43. The van der Waals surface area contributed by atoms with Crippen LogP contribution in [0.1, 0.15) is 322 Å². The van der Waals surface area contributed by atoms with E-state index in [-0.39, 0.29) is 38.6 Å². The number of esters is 2. The van der Waals surface area contributed by atoms with E-state index >= 15 is 0 Å². The van der Waals surface area contributed by atoms with Crippen molar-refractivity contribution in [2.45, 2.75) is 328 Å². The Balaban J connectivity index is 3.94. The first-order valence-corrected chi connectivity index (χ1v) is 39.5. The lowest BCUT2D eigenvalue weighted by molar-refractivity contribution is -0.161. The summed E-state index contributed by atoms with van der Waals surface area (Å²) in [6.45, 7) is 3.62. The minimum absolute atomic E-state index is 0.0453. The lowest BCUT2D eigenvalue weighted by atomic mass is 10.0. The fraction of sp³-hybridized carbons (Fsp3) is 0.663. The number of rotatable bonds is 70. The van der Waals surface area contributed by atoms with E-state index in [0.29, 0.717) is 6.42 Å². The molecule has 0 amide bonds. The van der Waals surface area contributed by atoms with Crippen molar-refractivity contribution in [3.63, 3.8) is 0 Å². The van der Waals surface area contributed by atoms with Crippen LogP contribution in [-0.4, -0.2) is 49.3 Å². The molecule has 2 unspecified atom stereocenters. The van der Waals surface area contributed by atoms with E-state index in [1.807, 2.05) is 0 Å². The summed E-state index contributed by atoms with van der Waals surface area (Å²) in [5.41, 5.74) is 5.41. The van der Waals surface area contributed by atoms with Crippen molar-refractivity contribution in [2.75, 3.05) is 26.4 Å². The molecular formula is C83H140NO8P. The molecule has 0 aliphatic rings. The van der Waals surface area contributed by atoms with E-state index in [2.05, 4.69) is 172 Å². The van der Waals surface area contributed by atoms with Gasteiger partial charge in [-0.05, 0) is 128 Å². The zero-order valence-corrected chi connectivity index (χ0v) is 60.6. The summed E-state index contributed by atoms with van der Waals surface area (Å²) >= 11 is 0. The molecule has 530 valence electrons. The standard InChI is InChI=1S/C83H140NO8P/c1-3-5-7-9-11-13-15-17-19-21-23-25-27-29-31-33-35-36-37-38-39-40-41-42-43-44-46-48-50-52-54-56-58-60-62-64-66-68-70-72-74-76-83(86)92-81(80-91-93(87,88)90-78-77-84)79-89-82(85)75-73-71-69-67-65-63-61-59-57-55-53-51-49-47-45-34-32-30-28-26-24-22-20-18-16-14-12-10-8-6-4-2/h5,7,11,13,16-19,22-25,29,31,35-36,38-39,41-42,44,46,50,52,56,58,81H,3-4,6,8-10,12,14-15,20-21,26-28,30,32-34,37,40,43,45,47-49,51,53-55,57,59-80,84H2,1-2H3,(H,87,88)/b7-5-,13-11-,18-16-,19-17-,24-22-,25-23-,31-29-,36-35-,39-38-,42-41-,46-44-,52-50-,58-56-. The Bertz CT molecular complexity index is 2090. The summed E-state index contributed by atoms with van der Waals surface area (Å²) in [5.74, 6) is -0.839. The van der Waals surface area contributed by atoms with Crippen LogP contribution < -0.4 is 5.73 Å². The number of phosphoric ester groups is 1. The van der Waals surface area contributed by atoms with Crippen LogP contribution >= 0.6 is 7.82 Å². The zero-order chi connectivity index (χ0) is 67.2. The molecule has 2 atom stereocenters. The molecule has 0 heterocycles. The summed E-state index contributed by atoms with van der Waals surface area (Å²) < 4.78 is 33.2. The number of nitrogens with two attached hydrogens (primary N) is 1. The van der Waals surface area contributed by atoms with Gasteiger partial charge in [-0.25, -0.2) is 4.57 Å². The summed E-state index contributed by atoms with van der Waals surface area (Å²) in [7, 11) is -4.41.